The second-order valence-corrected chi connectivity index (χ2v) is 5.21. The van der Waals surface area contributed by atoms with Gasteiger partial charge in [-0.15, -0.1) is 0 Å². The van der Waals surface area contributed by atoms with Crippen molar-refractivity contribution in [2.24, 2.45) is 0 Å². The summed E-state index contributed by atoms with van der Waals surface area (Å²) in [5.74, 6) is -2.39. The molecule has 0 fully saturated rings. The Morgan fingerprint density at radius 2 is 2.15 bits per heavy atom. The normalized spacial score (nSPS) is 11.8. The molecule has 0 amide bonds. The highest BCUT2D eigenvalue weighted by molar-refractivity contribution is 7.84. The maximum Gasteiger partial charge on any atom is 0.371 e. The molecule has 102 valence electrons. The van der Waals surface area contributed by atoms with Gasteiger partial charge in [0.05, 0.1) is 28.2 Å². The smallest absolute Gasteiger partial charge is 0.371 e. The average molecular weight is 293 g/mol. The molecule has 0 aliphatic heterocycles. The molecule has 2 aromatic rings. The van der Waals surface area contributed by atoms with Gasteiger partial charge in [0.1, 0.15) is 5.82 Å². The van der Waals surface area contributed by atoms with Crippen LogP contribution < -0.4 is 0 Å². The van der Waals surface area contributed by atoms with Crippen LogP contribution in [0.5, 0.6) is 0 Å². The van der Waals surface area contributed by atoms with Crippen molar-refractivity contribution in [3.05, 3.63) is 53.0 Å². The zero-order valence-electron chi connectivity index (χ0n) is 10.00. The zero-order valence-corrected chi connectivity index (χ0v) is 10.8. The maximum atomic E-state index is 13.5. The Hall–Kier alpha value is -2.46. The van der Waals surface area contributed by atoms with E-state index >= 15 is 0 Å². The summed E-state index contributed by atoms with van der Waals surface area (Å²) >= 11 is 0. The van der Waals surface area contributed by atoms with Crippen LogP contribution in [0.25, 0.3) is 0 Å². The molecule has 1 atom stereocenters. The van der Waals surface area contributed by atoms with Gasteiger partial charge in [0.25, 0.3) is 0 Å². The monoisotopic (exact) mass is 293 g/mol. The fourth-order valence-electron chi connectivity index (χ4n) is 1.52. The Bertz CT molecular complexity index is 732. The molecule has 20 heavy (non-hydrogen) atoms. The van der Waals surface area contributed by atoms with Crippen LogP contribution in [0.3, 0.4) is 0 Å². The minimum absolute atomic E-state index is 0.0517. The number of nitriles is 1. The lowest BCUT2D eigenvalue weighted by Crippen LogP contribution is -1.99. The van der Waals surface area contributed by atoms with Gasteiger partial charge in [0.2, 0.25) is 5.76 Å². The van der Waals surface area contributed by atoms with E-state index in [0.717, 1.165) is 6.07 Å². The first-order valence-corrected chi connectivity index (χ1v) is 6.73. The van der Waals surface area contributed by atoms with Gasteiger partial charge < -0.3 is 9.52 Å². The number of carboxylic acids is 1. The lowest BCUT2D eigenvalue weighted by Gasteiger charge is -2.02. The van der Waals surface area contributed by atoms with E-state index in [1.54, 1.807) is 0 Å². The summed E-state index contributed by atoms with van der Waals surface area (Å²) in [5.41, 5.74) is 0.361. The van der Waals surface area contributed by atoms with Gasteiger partial charge in [-0.2, -0.15) is 5.26 Å². The molecule has 1 heterocycles. The number of aromatic carboxylic acids is 1. The van der Waals surface area contributed by atoms with Crippen LogP contribution in [0.4, 0.5) is 4.39 Å². The number of rotatable bonds is 4. The second-order valence-electron chi connectivity index (χ2n) is 3.83. The minimum atomic E-state index is -1.73. The molecule has 1 aromatic heterocycles. The second kappa shape index (κ2) is 5.67. The number of benzene rings is 1. The van der Waals surface area contributed by atoms with Crippen molar-refractivity contribution in [3.63, 3.8) is 0 Å². The zero-order chi connectivity index (χ0) is 14.7. The van der Waals surface area contributed by atoms with Crippen molar-refractivity contribution in [2.45, 2.75) is 10.8 Å². The fraction of sp³-hybridized carbons (Fsp3) is 0.0769. The molecular weight excluding hydrogens is 285 g/mol. The Labute approximate surface area is 115 Å². The fourth-order valence-corrected chi connectivity index (χ4v) is 2.57. The van der Waals surface area contributed by atoms with E-state index in [1.165, 1.54) is 24.3 Å². The molecule has 0 bridgehead atoms. The van der Waals surface area contributed by atoms with Crippen molar-refractivity contribution in [2.75, 3.05) is 0 Å². The highest BCUT2D eigenvalue weighted by Crippen LogP contribution is 2.18. The number of furan rings is 1. The largest absolute Gasteiger partial charge is 0.475 e. The first-order valence-electron chi connectivity index (χ1n) is 5.41. The molecule has 0 aliphatic rings. The van der Waals surface area contributed by atoms with Crippen LogP contribution in [0.15, 0.2) is 39.8 Å². The third-order valence-corrected chi connectivity index (χ3v) is 3.72. The molecule has 0 saturated carbocycles. The van der Waals surface area contributed by atoms with E-state index in [0.29, 0.717) is 0 Å². The predicted molar refractivity (Wildman–Crippen MR) is 66.9 cm³/mol. The standard InChI is InChI=1S/C13H8FNO4S/c14-10-2-1-8(6-15)5-9(10)7-20(18)12-4-3-11(19-12)13(16)17/h1-5H,7H2,(H,16,17). The number of hydrogen-bond acceptors (Lipinski definition) is 4. The summed E-state index contributed by atoms with van der Waals surface area (Å²) < 4.78 is 30.4. The topological polar surface area (TPSA) is 91.3 Å². The molecule has 1 N–H and O–H groups in total. The molecule has 0 aliphatic carbocycles. The summed E-state index contributed by atoms with van der Waals surface area (Å²) in [4.78, 5) is 10.6. The first-order chi connectivity index (χ1) is 9.51. The van der Waals surface area contributed by atoms with Crippen molar-refractivity contribution < 1.29 is 22.9 Å². The number of hydrogen-bond donors (Lipinski definition) is 1. The van der Waals surface area contributed by atoms with Gasteiger partial charge in [0.15, 0.2) is 5.09 Å². The van der Waals surface area contributed by atoms with E-state index in [2.05, 4.69) is 0 Å². The Morgan fingerprint density at radius 3 is 2.75 bits per heavy atom. The lowest BCUT2D eigenvalue weighted by atomic mass is 10.1. The molecule has 0 saturated heterocycles. The van der Waals surface area contributed by atoms with E-state index in [9.17, 15) is 13.4 Å². The quantitative estimate of drug-likeness (QED) is 0.933. The van der Waals surface area contributed by atoms with E-state index in [4.69, 9.17) is 14.8 Å². The maximum absolute atomic E-state index is 13.5. The van der Waals surface area contributed by atoms with Gasteiger partial charge in [-0.3, -0.25) is 4.21 Å². The first kappa shape index (κ1) is 14.0. The van der Waals surface area contributed by atoms with Gasteiger partial charge in [-0.25, -0.2) is 9.18 Å². The van der Waals surface area contributed by atoms with Crippen molar-refractivity contribution in [1.29, 1.82) is 5.26 Å². The predicted octanol–water partition coefficient (Wildman–Crippen LogP) is 2.30. The van der Waals surface area contributed by atoms with Crippen molar-refractivity contribution >= 4 is 16.8 Å². The summed E-state index contributed by atoms with van der Waals surface area (Å²) in [6.45, 7) is 0. The molecule has 1 unspecified atom stereocenters. The lowest BCUT2D eigenvalue weighted by molar-refractivity contribution is 0.0656. The summed E-state index contributed by atoms with van der Waals surface area (Å²) in [6.07, 6.45) is 0. The highest BCUT2D eigenvalue weighted by atomic mass is 32.2. The molecule has 1 aromatic carbocycles. The van der Waals surface area contributed by atoms with Gasteiger partial charge in [-0.1, -0.05) is 0 Å². The van der Waals surface area contributed by atoms with E-state index < -0.39 is 22.6 Å². The summed E-state index contributed by atoms with van der Waals surface area (Å²) in [5, 5.41) is 17.4. The van der Waals surface area contributed by atoms with E-state index in [1.807, 2.05) is 6.07 Å². The number of halogens is 1. The molecular formula is C13H8FNO4S. The minimum Gasteiger partial charge on any atom is -0.475 e. The van der Waals surface area contributed by atoms with Crippen LogP contribution in [0.1, 0.15) is 21.7 Å². The highest BCUT2D eigenvalue weighted by Gasteiger charge is 2.16. The van der Waals surface area contributed by atoms with Crippen molar-refractivity contribution in [1.82, 2.24) is 0 Å². The Kier molecular flexibility index (Phi) is 3.96. The molecule has 2 rings (SSSR count). The van der Waals surface area contributed by atoms with Crippen molar-refractivity contribution in [3.8, 4) is 6.07 Å². The van der Waals surface area contributed by atoms with Gasteiger partial charge in [-0.05, 0) is 30.3 Å². The average Bonchev–Trinajstić information content (AvgIpc) is 2.91. The van der Waals surface area contributed by atoms with Gasteiger partial charge in [0, 0.05) is 5.56 Å². The van der Waals surface area contributed by atoms with Crippen LogP contribution in [0.2, 0.25) is 0 Å². The van der Waals surface area contributed by atoms with Crippen LogP contribution in [0, 0.1) is 17.1 Å². The third kappa shape index (κ3) is 2.92. The Balaban J connectivity index is 2.23. The third-order valence-electron chi connectivity index (χ3n) is 2.48. The molecule has 7 heteroatoms. The van der Waals surface area contributed by atoms with Crippen LogP contribution in [-0.2, 0) is 16.6 Å². The number of carbonyl (C=O) groups is 1. The molecule has 0 radical (unpaired) electrons. The number of nitrogens with zero attached hydrogens (tertiary/aromatic N) is 1. The van der Waals surface area contributed by atoms with Gasteiger partial charge >= 0.3 is 5.97 Å². The van der Waals surface area contributed by atoms with Crippen LogP contribution >= 0.6 is 0 Å². The summed E-state index contributed by atoms with van der Waals surface area (Å²) in [7, 11) is -1.73. The Morgan fingerprint density at radius 1 is 1.40 bits per heavy atom. The number of carboxylic acid groups (broad SMARTS) is 1. The molecule has 5 nitrogen and oxygen atoms in total. The SMILES string of the molecule is N#Cc1ccc(F)c(CS(=O)c2ccc(C(=O)O)o2)c1. The summed E-state index contributed by atoms with van der Waals surface area (Å²) in [6, 6.07) is 8.04. The van der Waals surface area contributed by atoms with Crippen LogP contribution in [-0.4, -0.2) is 15.3 Å². The molecule has 0 spiro atoms. The van der Waals surface area contributed by atoms with E-state index in [-0.39, 0.29) is 27.7 Å².